The predicted molar refractivity (Wildman–Crippen MR) is 86.6 cm³/mol. The predicted octanol–water partition coefficient (Wildman–Crippen LogP) is 2.34. The van der Waals surface area contributed by atoms with E-state index in [0.717, 1.165) is 11.8 Å². The van der Waals surface area contributed by atoms with E-state index in [2.05, 4.69) is 0 Å². The minimum absolute atomic E-state index is 0.0279. The zero-order valence-electron chi connectivity index (χ0n) is 13.4. The number of anilines is 1. The Labute approximate surface area is 142 Å². The number of fused-ring (bicyclic) bond motifs is 1. The standard InChI is InChI=1S/C18H13NO6/c1-10(20)24-15-9-5-8-14(16(15)25-11(2)21)19-17(22)12-6-3-4-7-13(12)18(19)23/h3-9H,1-2H3. The zero-order chi connectivity index (χ0) is 18.1. The normalized spacial score (nSPS) is 12.8. The minimum Gasteiger partial charge on any atom is -0.423 e. The zero-order valence-corrected chi connectivity index (χ0v) is 13.4. The fourth-order valence-electron chi connectivity index (χ4n) is 2.57. The van der Waals surface area contributed by atoms with E-state index >= 15 is 0 Å². The number of carbonyl (C=O) groups is 4. The lowest BCUT2D eigenvalue weighted by atomic mass is 10.1. The van der Waals surface area contributed by atoms with Crippen LogP contribution in [-0.4, -0.2) is 23.8 Å². The first-order chi connectivity index (χ1) is 11.9. The van der Waals surface area contributed by atoms with Gasteiger partial charge in [0.25, 0.3) is 11.8 Å². The summed E-state index contributed by atoms with van der Waals surface area (Å²) >= 11 is 0. The van der Waals surface area contributed by atoms with Crippen molar-refractivity contribution in [2.45, 2.75) is 13.8 Å². The maximum absolute atomic E-state index is 12.6. The first kappa shape index (κ1) is 16.4. The maximum Gasteiger partial charge on any atom is 0.308 e. The summed E-state index contributed by atoms with van der Waals surface area (Å²) in [5.74, 6) is -2.63. The van der Waals surface area contributed by atoms with Gasteiger partial charge >= 0.3 is 11.9 Å². The monoisotopic (exact) mass is 339 g/mol. The van der Waals surface area contributed by atoms with Crippen molar-refractivity contribution in [3.63, 3.8) is 0 Å². The number of para-hydroxylation sites is 1. The molecule has 1 aliphatic heterocycles. The average Bonchev–Trinajstić information content (AvgIpc) is 2.80. The maximum atomic E-state index is 12.6. The van der Waals surface area contributed by atoms with Crippen LogP contribution in [0.5, 0.6) is 11.5 Å². The first-order valence-corrected chi connectivity index (χ1v) is 7.38. The molecular formula is C18H13NO6. The van der Waals surface area contributed by atoms with Crippen LogP contribution in [0.2, 0.25) is 0 Å². The van der Waals surface area contributed by atoms with Crippen molar-refractivity contribution in [1.82, 2.24) is 0 Å². The van der Waals surface area contributed by atoms with Gasteiger partial charge in [-0.25, -0.2) is 4.90 Å². The van der Waals surface area contributed by atoms with Crippen molar-refractivity contribution in [3.8, 4) is 11.5 Å². The molecule has 2 amide bonds. The van der Waals surface area contributed by atoms with E-state index in [1.807, 2.05) is 0 Å². The van der Waals surface area contributed by atoms with Gasteiger partial charge in [-0.05, 0) is 24.3 Å². The summed E-state index contributed by atoms with van der Waals surface area (Å²) in [7, 11) is 0. The molecular weight excluding hydrogens is 326 g/mol. The summed E-state index contributed by atoms with van der Waals surface area (Å²) in [6, 6.07) is 10.7. The smallest absolute Gasteiger partial charge is 0.308 e. The van der Waals surface area contributed by atoms with Crippen LogP contribution in [0.15, 0.2) is 42.5 Å². The number of hydrogen-bond acceptors (Lipinski definition) is 6. The Hall–Kier alpha value is -3.48. The van der Waals surface area contributed by atoms with E-state index in [4.69, 9.17) is 9.47 Å². The molecule has 0 saturated carbocycles. The number of nitrogens with zero attached hydrogens (tertiary/aromatic N) is 1. The number of rotatable bonds is 3. The van der Waals surface area contributed by atoms with Crippen molar-refractivity contribution in [2.24, 2.45) is 0 Å². The molecule has 0 radical (unpaired) electrons. The summed E-state index contributed by atoms with van der Waals surface area (Å²) < 4.78 is 10.2. The van der Waals surface area contributed by atoms with Gasteiger partial charge in [-0.3, -0.25) is 19.2 Å². The van der Waals surface area contributed by atoms with Gasteiger partial charge in [-0.2, -0.15) is 0 Å². The molecule has 0 atom stereocenters. The number of amides is 2. The highest BCUT2D eigenvalue weighted by Crippen LogP contribution is 2.41. The summed E-state index contributed by atoms with van der Waals surface area (Å²) in [5, 5.41) is 0. The number of hydrogen-bond donors (Lipinski definition) is 0. The molecule has 2 aromatic rings. The van der Waals surface area contributed by atoms with Crippen LogP contribution in [0.4, 0.5) is 5.69 Å². The molecule has 0 fully saturated rings. The van der Waals surface area contributed by atoms with Gasteiger partial charge in [0.05, 0.1) is 16.8 Å². The van der Waals surface area contributed by atoms with E-state index < -0.39 is 23.8 Å². The summed E-state index contributed by atoms with van der Waals surface area (Å²) in [6.45, 7) is 2.35. The first-order valence-electron chi connectivity index (χ1n) is 7.38. The number of ether oxygens (including phenoxy) is 2. The van der Waals surface area contributed by atoms with Crippen LogP contribution in [0.1, 0.15) is 34.6 Å². The Bertz CT molecular complexity index is 883. The lowest BCUT2D eigenvalue weighted by Crippen LogP contribution is -2.30. The molecule has 0 unspecified atom stereocenters. The SMILES string of the molecule is CC(=O)Oc1cccc(N2C(=O)c3ccccc3C2=O)c1OC(C)=O. The Morgan fingerprint density at radius 3 is 1.88 bits per heavy atom. The number of benzene rings is 2. The molecule has 1 heterocycles. The van der Waals surface area contributed by atoms with Gasteiger partial charge in [-0.15, -0.1) is 0 Å². The van der Waals surface area contributed by atoms with Crippen LogP contribution in [0, 0.1) is 0 Å². The number of carbonyl (C=O) groups excluding carboxylic acids is 4. The average molecular weight is 339 g/mol. The Kier molecular flexibility index (Phi) is 4.06. The molecule has 0 saturated heterocycles. The molecule has 3 rings (SSSR count). The van der Waals surface area contributed by atoms with Crippen LogP contribution in [0.25, 0.3) is 0 Å². The minimum atomic E-state index is -0.683. The van der Waals surface area contributed by atoms with Gasteiger partial charge in [0, 0.05) is 13.8 Å². The van der Waals surface area contributed by atoms with E-state index in [9.17, 15) is 19.2 Å². The van der Waals surface area contributed by atoms with E-state index in [1.54, 1.807) is 12.1 Å². The van der Waals surface area contributed by atoms with Crippen molar-refractivity contribution >= 4 is 29.4 Å². The second-order valence-electron chi connectivity index (χ2n) is 5.28. The molecule has 0 aromatic heterocycles. The quantitative estimate of drug-likeness (QED) is 0.484. The summed E-state index contributed by atoms with van der Waals surface area (Å²) in [5.41, 5.74) is 0.526. The highest BCUT2D eigenvalue weighted by atomic mass is 16.6. The fraction of sp³-hybridized carbons (Fsp3) is 0.111. The molecule has 25 heavy (non-hydrogen) atoms. The molecule has 0 bridgehead atoms. The van der Waals surface area contributed by atoms with Gasteiger partial charge < -0.3 is 9.47 Å². The number of esters is 2. The van der Waals surface area contributed by atoms with Gasteiger partial charge in [0.2, 0.25) is 0 Å². The lowest BCUT2D eigenvalue weighted by molar-refractivity contribution is -0.134. The van der Waals surface area contributed by atoms with Crippen LogP contribution >= 0.6 is 0 Å². The third-order valence-corrected chi connectivity index (χ3v) is 3.49. The molecule has 1 aliphatic rings. The third kappa shape index (κ3) is 2.87. The molecule has 2 aromatic carbocycles. The molecule has 0 spiro atoms. The van der Waals surface area contributed by atoms with Crippen molar-refractivity contribution in [2.75, 3.05) is 4.90 Å². The highest BCUT2D eigenvalue weighted by molar-refractivity contribution is 6.35. The van der Waals surface area contributed by atoms with Gasteiger partial charge in [0.1, 0.15) is 0 Å². The van der Waals surface area contributed by atoms with Crippen LogP contribution in [-0.2, 0) is 9.59 Å². The van der Waals surface area contributed by atoms with Crippen LogP contribution < -0.4 is 14.4 Å². The van der Waals surface area contributed by atoms with Gasteiger partial charge in [0.15, 0.2) is 11.5 Å². The van der Waals surface area contributed by atoms with Gasteiger partial charge in [-0.1, -0.05) is 18.2 Å². The van der Waals surface area contributed by atoms with E-state index in [-0.39, 0.29) is 28.3 Å². The Balaban J connectivity index is 2.14. The van der Waals surface area contributed by atoms with Crippen LogP contribution in [0.3, 0.4) is 0 Å². The second-order valence-corrected chi connectivity index (χ2v) is 5.28. The van der Waals surface area contributed by atoms with Crippen molar-refractivity contribution in [1.29, 1.82) is 0 Å². The Morgan fingerprint density at radius 2 is 1.36 bits per heavy atom. The molecule has 7 heteroatoms. The lowest BCUT2D eigenvalue weighted by Gasteiger charge is -2.19. The van der Waals surface area contributed by atoms with E-state index in [0.29, 0.717) is 0 Å². The molecule has 126 valence electrons. The Morgan fingerprint density at radius 1 is 0.800 bits per heavy atom. The third-order valence-electron chi connectivity index (χ3n) is 3.49. The highest BCUT2D eigenvalue weighted by Gasteiger charge is 2.38. The molecule has 7 nitrogen and oxygen atoms in total. The van der Waals surface area contributed by atoms with Crippen molar-refractivity contribution in [3.05, 3.63) is 53.6 Å². The summed E-state index contributed by atoms with van der Waals surface area (Å²) in [4.78, 5) is 48.9. The topological polar surface area (TPSA) is 90.0 Å². The largest absolute Gasteiger partial charge is 0.423 e. The number of imide groups is 1. The second kappa shape index (κ2) is 6.20. The summed E-state index contributed by atoms with van der Waals surface area (Å²) in [6.07, 6.45) is 0. The molecule has 0 aliphatic carbocycles. The molecule has 0 N–H and O–H groups in total. The van der Waals surface area contributed by atoms with E-state index in [1.165, 1.54) is 37.3 Å². The fourth-order valence-corrected chi connectivity index (χ4v) is 2.57. The van der Waals surface area contributed by atoms with Crippen molar-refractivity contribution < 1.29 is 28.7 Å².